The summed E-state index contributed by atoms with van der Waals surface area (Å²) in [5.74, 6) is -1.61. The maximum absolute atomic E-state index is 14.2. The zero-order valence-electron chi connectivity index (χ0n) is 21.6. The van der Waals surface area contributed by atoms with E-state index >= 15 is 0 Å². The van der Waals surface area contributed by atoms with Gasteiger partial charge in [-0.1, -0.05) is 24.3 Å². The SMILES string of the molecule is COc1ccc(-c2ccc(Oc3cccc4c3CCCC4)c(NC(=O)Nc3ccc(F)cc3F)c2)cc1C(=O)O. The van der Waals surface area contributed by atoms with E-state index in [0.717, 1.165) is 43.4 Å². The Morgan fingerprint density at radius 3 is 2.27 bits per heavy atom. The van der Waals surface area contributed by atoms with Gasteiger partial charge in [0.2, 0.25) is 0 Å². The third kappa shape index (κ3) is 5.73. The number of aryl methyl sites for hydroxylation is 1. The van der Waals surface area contributed by atoms with Gasteiger partial charge >= 0.3 is 12.0 Å². The van der Waals surface area contributed by atoms with Gasteiger partial charge in [-0.15, -0.1) is 0 Å². The topological polar surface area (TPSA) is 96.9 Å². The summed E-state index contributed by atoms with van der Waals surface area (Å²) in [7, 11) is 1.39. The number of carboxylic acids is 1. The number of carboxylic acid groups (broad SMARTS) is 1. The van der Waals surface area contributed by atoms with Gasteiger partial charge in [0.25, 0.3) is 0 Å². The second kappa shape index (κ2) is 11.4. The van der Waals surface area contributed by atoms with E-state index in [1.165, 1.54) is 18.7 Å². The van der Waals surface area contributed by atoms with Gasteiger partial charge < -0.3 is 25.2 Å². The number of rotatable bonds is 7. The van der Waals surface area contributed by atoms with Crippen LogP contribution in [0.3, 0.4) is 0 Å². The van der Waals surface area contributed by atoms with E-state index in [2.05, 4.69) is 16.7 Å². The minimum Gasteiger partial charge on any atom is -0.496 e. The summed E-state index contributed by atoms with van der Waals surface area (Å²) in [6.07, 6.45) is 4.00. The average molecular weight is 545 g/mol. The molecule has 7 nitrogen and oxygen atoms in total. The first-order chi connectivity index (χ1) is 19.3. The van der Waals surface area contributed by atoms with Crippen LogP contribution in [-0.2, 0) is 12.8 Å². The Balaban J connectivity index is 1.51. The van der Waals surface area contributed by atoms with Crippen molar-refractivity contribution >= 4 is 23.4 Å². The number of ether oxygens (including phenoxy) is 2. The number of carbonyl (C=O) groups excluding carboxylic acids is 1. The van der Waals surface area contributed by atoms with Crippen LogP contribution in [0.25, 0.3) is 11.1 Å². The minimum absolute atomic E-state index is 0.0183. The highest BCUT2D eigenvalue weighted by Gasteiger charge is 2.19. The highest BCUT2D eigenvalue weighted by Crippen LogP contribution is 2.38. The Labute approximate surface area is 229 Å². The van der Waals surface area contributed by atoms with Crippen molar-refractivity contribution in [3.8, 4) is 28.4 Å². The van der Waals surface area contributed by atoms with Crippen LogP contribution >= 0.6 is 0 Å². The quantitative estimate of drug-likeness (QED) is 0.222. The Morgan fingerprint density at radius 2 is 1.52 bits per heavy atom. The number of nitrogens with one attached hydrogen (secondary N) is 2. The lowest BCUT2D eigenvalue weighted by molar-refractivity contribution is 0.0693. The van der Waals surface area contributed by atoms with Gasteiger partial charge in [-0.2, -0.15) is 0 Å². The molecule has 204 valence electrons. The fraction of sp³-hybridized carbons (Fsp3) is 0.161. The molecule has 0 saturated carbocycles. The van der Waals surface area contributed by atoms with Gasteiger partial charge in [-0.05, 0) is 90.4 Å². The van der Waals surface area contributed by atoms with E-state index in [4.69, 9.17) is 9.47 Å². The Hall–Kier alpha value is -4.92. The molecule has 5 rings (SSSR count). The Morgan fingerprint density at radius 1 is 0.800 bits per heavy atom. The first-order valence-corrected chi connectivity index (χ1v) is 12.7. The Bertz CT molecular complexity index is 1610. The third-order valence-corrected chi connectivity index (χ3v) is 6.74. The summed E-state index contributed by atoms with van der Waals surface area (Å²) >= 11 is 0. The number of methoxy groups -OCH3 is 1. The predicted molar refractivity (Wildman–Crippen MR) is 148 cm³/mol. The lowest BCUT2D eigenvalue weighted by atomic mass is 9.91. The zero-order valence-corrected chi connectivity index (χ0v) is 21.6. The summed E-state index contributed by atoms with van der Waals surface area (Å²) in [5.41, 5.74) is 3.54. The molecule has 0 heterocycles. The molecule has 0 aromatic heterocycles. The molecule has 0 spiro atoms. The van der Waals surface area contributed by atoms with E-state index in [1.807, 2.05) is 12.1 Å². The number of fused-ring (bicyclic) bond motifs is 1. The molecule has 0 unspecified atom stereocenters. The molecule has 2 amide bonds. The normalized spacial score (nSPS) is 12.3. The second-order valence-corrected chi connectivity index (χ2v) is 9.34. The molecule has 0 bridgehead atoms. The molecular formula is C31H26F2N2O5. The number of urea groups is 1. The molecule has 0 aliphatic heterocycles. The number of aromatic carboxylic acids is 1. The maximum atomic E-state index is 14.2. The van der Waals surface area contributed by atoms with Crippen molar-refractivity contribution in [1.29, 1.82) is 0 Å². The van der Waals surface area contributed by atoms with Gasteiger partial charge in [0.15, 0.2) is 5.75 Å². The van der Waals surface area contributed by atoms with Gasteiger partial charge in [0.05, 0.1) is 18.5 Å². The van der Waals surface area contributed by atoms with Crippen molar-refractivity contribution in [2.45, 2.75) is 25.7 Å². The number of hydrogen-bond acceptors (Lipinski definition) is 4. The zero-order chi connectivity index (χ0) is 28.2. The molecule has 9 heteroatoms. The molecule has 3 N–H and O–H groups in total. The van der Waals surface area contributed by atoms with Crippen molar-refractivity contribution in [3.63, 3.8) is 0 Å². The van der Waals surface area contributed by atoms with Gasteiger partial charge in [0, 0.05) is 6.07 Å². The molecule has 0 fully saturated rings. The highest BCUT2D eigenvalue weighted by atomic mass is 19.1. The average Bonchev–Trinajstić information content (AvgIpc) is 2.95. The molecule has 0 atom stereocenters. The molecule has 40 heavy (non-hydrogen) atoms. The standard InChI is InChI=1S/C31H26F2N2O5/c1-39-27-13-9-19(15-23(27)30(36)37)20-10-14-29(40-28-8-4-6-18-5-2-3-7-22(18)28)26(16-20)35-31(38)34-25-12-11-21(32)17-24(25)33/h4,6,8-17H,2-3,5,7H2,1H3,(H,36,37)(H2,34,35,38). The smallest absolute Gasteiger partial charge is 0.339 e. The van der Waals surface area contributed by atoms with Crippen LogP contribution in [0.15, 0.2) is 72.8 Å². The molecule has 1 aliphatic rings. The third-order valence-electron chi connectivity index (χ3n) is 6.74. The minimum atomic E-state index is -1.15. The maximum Gasteiger partial charge on any atom is 0.339 e. The van der Waals surface area contributed by atoms with Crippen LogP contribution in [0.2, 0.25) is 0 Å². The fourth-order valence-electron chi connectivity index (χ4n) is 4.78. The van der Waals surface area contributed by atoms with Crippen molar-refractivity contribution in [3.05, 3.63) is 101 Å². The molecule has 1 aliphatic carbocycles. The number of halogens is 2. The number of benzene rings is 4. The lowest BCUT2D eigenvalue weighted by Crippen LogP contribution is -2.20. The van der Waals surface area contributed by atoms with E-state index in [9.17, 15) is 23.5 Å². The molecule has 0 radical (unpaired) electrons. The second-order valence-electron chi connectivity index (χ2n) is 9.34. The number of amides is 2. The van der Waals surface area contributed by atoms with Crippen LogP contribution in [-0.4, -0.2) is 24.2 Å². The first kappa shape index (κ1) is 26.7. The summed E-state index contributed by atoms with van der Waals surface area (Å²) in [6, 6.07) is 17.7. The van der Waals surface area contributed by atoms with Crippen LogP contribution in [0.5, 0.6) is 17.2 Å². The summed E-state index contributed by atoms with van der Waals surface area (Å²) < 4.78 is 38.9. The van der Waals surface area contributed by atoms with E-state index < -0.39 is 23.6 Å². The first-order valence-electron chi connectivity index (χ1n) is 12.7. The monoisotopic (exact) mass is 544 g/mol. The van der Waals surface area contributed by atoms with Crippen molar-refractivity contribution in [2.75, 3.05) is 17.7 Å². The van der Waals surface area contributed by atoms with E-state index in [0.29, 0.717) is 28.7 Å². The predicted octanol–water partition coefficient (Wildman–Crippen LogP) is 7.65. The summed E-state index contributed by atoms with van der Waals surface area (Å²) in [5, 5.41) is 14.7. The van der Waals surface area contributed by atoms with Crippen LogP contribution in [0.1, 0.15) is 34.3 Å². The number of carbonyl (C=O) groups is 2. The fourth-order valence-corrected chi connectivity index (χ4v) is 4.78. The van der Waals surface area contributed by atoms with Crippen molar-refractivity contribution in [2.24, 2.45) is 0 Å². The number of anilines is 2. The summed E-state index contributed by atoms with van der Waals surface area (Å²) in [4.78, 5) is 24.7. The molecule has 0 saturated heterocycles. The molecule has 4 aromatic rings. The number of hydrogen-bond donors (Lipinski definition) is 3. The molecule has 4 aromatic carbocycles. The largest absolute Gasteiger partial charge is 0.496 e. The summed E-state index contributed by atoms with van der Waals surface area (Å²) in [6.45, 7) is 0. The van der Waals surface area contributed by atoms with Crippen molar-refractivity contribution in [1.82, 2.24) is 0 Å². The van der Waals surface area contributed by atoms with Crippen LogP contribution in [0, 0.1) is 11.6 Å². The Kier molecular flexibility index (Phi) is 7.63. The highest BCUT2D eigenvalue weighted by molar-refractivity contribution is 6.01. The lowest BCUT2D eigenvalue weighted by Gasteiger charge is -2.21. The van der Waals surface area contributed by atoms with E-state index in [-0.39, 0.29) is 22.7 Å². The molecular weight excluding hydrogens is 518 g/mol. The van der Waals surface area contributed by atoms with Gasteiger partial charge in [0.1, 0.15) is 28.7 Å². The van der Waals surface area contributed by atoms with Crippen molar-refractivity contribution < 1.29 is 33.0 Å². The van der Waals surface area contributed by atoms with Crippen LogP contribution in [0.4, 0.5) is 25.0 Å². The van der Waals surface area contributed by atoms with Gasteiger partial charge in [-0.3, -0.25) is 0 Å². The van der Waals surface area contributed by atoms with E-state index in [1.54, 1.807) is 30.3 Å². The van der Waals surface area contributed by atoms with Crippen LogP contribution < -0.4 is 20.1 Å². The van der Waals surface area contributed by atoms with Gasteiger partial charge in [-0.25, -0.2) is 18.4 Å².